The first-order valence-electron chi connectivity index (χ1n) is 7.95. The molecule has 24 heavy (non-hydrogen) atoms. The molecule has 0 radical (unpaired) electrons. The van der Waals surface area contributed by atoms with Crippen molar-refractivity contribution in [3.8, 4) is 5.75 Å². The van der Waals surface area contributed by atoms with Gasteiger partial charge in [0.15, 0.2) is 6.61 Å². The van der Waals surface area contributed by atoms with E-state index in [0.717, 1.165) is 11.1 Å². The molecule has 0 aliphatic rings. The molecule has 2 aromatic rings. The smallest absolute Gasteiger partial charge is 0.340 e. The van der Waals surface area contributed by atoms with Crippen LogP contribution in [0.5, 0.6) is 5.75 Å². The number of H-pyrrole nitrogens is 1. The fourth-order valence-corrected chi connectivity index (χ4v) is 2.63. The van der Waals surface area contributed by atoms with Crippen LogP contribution >= 0.6 is 0 Å². The van der Waals surface area contributed by atoms with E-state index in [2.05, 4.69) is 4.98 Å². The molecule has 0 spiro atoms. The highest BCUT2D eigenvalue weighted by Gasteiger charge is 2.23. The van der Waals surface area contributed by atoms with Gasteiger partial charge in [-0.2, -0.15) is 0 Å². The lowest BCUT2D eigenvalue weighted by Crippen LogP contribution is -2.14. The molecule has 0 amide bonds. The molecule has 0 bridgehead atoms. The van der Waals surface area contributed by atoms with Crippen LogP contribution in [0.25, 0.3) is 0 Å². The number of Topliss-reactive ketones (excluding diaryl/α,β-unsaturated/α-hetero) is 1. The third-order valence-corrected chi connectivity index (χ3v) is 4.11. The molecule has 0 saturated heterocycles. The Morgan fingerprint density at radius 3 is 2.46 bits per heavy atom. The number of esters is 1. The van der Waals surface area contributed by atoms with Gasteiger partial charge >= 0.3 is 5.97 Å². The van der Waals surface area contributed by atoms with Crippen LogP contribution < -0.4 is 4.74 Å². The number of benzene rings is 1. The van der Waals surface area contributed by atoms with Crippen molar-refractivity contribution >= 4 is 11.8 Å². The van der Waals surface area contributed by atoms with Crippen molar-refractivity contribution in [2.24, 2.45) is 0 Å². The molecular weight excluding hydrogens is 306 g/mol. The summed E-state index contributed by atoms with van der Waals surface area (Å²) in [4.78, 5) is 27.5. The third-order valence-electron chi connectivity index (χ3n) is 4.11. The lowest BCUT2D eigenvalue weighted by Gasteiger charge is -2.10. The van der Waals surface area contributed by atoms with Gasteiger partial charge in [0.25, 0.3) is 0 Å². The largest absolute Gasteiger partial charge is 0.485 e. The van der Waals surface area contributed by atoms with Gasteiger partial charge in [0.1, 0.15) is 5.75 Å². The fraction of sp³-hybridized carbons (Fsp3) is 0.368. The van der Waals surface area contributed by atoms with E-state index in [9.17, 15) is 9.59 Å². The zero-order valence-corrected chi connectivity index (χ0v) is 14.8. The number of ketones is 1. The first kappa shape index (κ1) is 17.8. The van der Waals surface area contributed by atoms with Gasteiger partial charge in [-0.15, -0.1) is 0 Å². The molecule has 2 rings (SSSR count). The average molecular weight is 329 g/mol. The van der Waals surface area contributed by atoms with Crippen molar-refractivity contribution in [2.45, 2.75) is 34.6 Å². The Labute approximate surface area is 142 Å². The number of rotatable bonds is 6. The zero-order valence-electron chi connectivity index (χ0n) is 14.8. The first-order valence-corrected chi connectivity index (χ1v) is 7.95. The second-order valence-electron chi connectivity index (χ2n) is 5.76. The predicted molar refractivity (Wildman–Crippen MR) is 92.0 cm³/mol. The molecule has 0 aliphatic heterocycles. The summed E-state index contributed by atoms with van der Waals surface area (Å²) < 4.78 is 10.7. The summed E-state index contributed by atoms with van der Waals surface area (Å²) in [6, 6.07) is 5.73. The van der Waals surface area contributed by atoms with Crippen LogP contribution in [0.4, 0.5) is 0 Å². The van der Waals surface area contributed by atoms with Crippen LogP contribution in [0.15, 0.2) is 18.2 Å². The molecule has 1 heterocycles. The SMILES string of the molecule is CCOC(=O)c1c(C)[nH]c(C(=O)COc2cccc(C)c2C)c1C. The van der Waals surface area contributed by atoms with E-state index < -0.39 is 5.97 Å². The summed E-state index contributed by atoms with van der Waals surface area (Å²) in [7, 11) is 0. The number of carbonyl (C=O) groups is 2. The van der Waals surface area contributed by atoms with E-state index in [-0.39, 0.29) is 12.4 Å². The summed E-state index contributed by atoms with van der Waals surface area (Å²) in [5, 5.41) is 0. The van der Waals surface area contributed by atoms with Crippen molar-refractivity contribution in [2.75, 3.05) is 13.2 Å². The fourth-order valence-electron chi connectivity index (χ4n) is 2.63. The molecule has 5 heteroatoms. The number of hydrogen-bond acceptors (Lipinski definition) is 4. The van der Waals surface area contributed by atoms with Crippen molar-refractivity contribution < 1.29 is 19.1 Å². The topological polar surface area (TPSA) is 68.4 Å². The maximum Gasteiger partial charge on any atom is 0.340 e. The monoisotopic (exact) mass is 329 g/mol. The average Bonchev–Trinajstić information content (AvgIpc) is 2.83. The van der Waals surface area contributed by atoms with Gasteiger partial charge in [-0.1, -0.05) is 12.1 Å². The molecule has 5 nitrogen and oxygen atoms in total. The van der Waals surface area contributed by atoms with Gasteiger partial charge in [-0.05, 0) is 57.4 Å². The Kier molecular flexibility index (Phi) is 5.44. The quantitative estimate of drug-likeness (QED) is 0.648. The van der Waals surface area contributed by atoms with Crippen LogP contribution in [-0.2, 0) is 4.74 Å². The Bertz CT molecular complexity index is 774. The summed E-state index contributed by atoms with van der Waals surface area (Å²) in [5.74, 6) is 0.0696. The highest BCUT2D eigenvalue weighted by atomic mass is 16.5. The second-order valence-corrected chi connectivity index (χ2v) is 5.76. The van der Waals surface area contributed by atoms with E-state index >= 15 is 0 Å². The van der Waals surface area contributed by atoms with E-state index in [4.69, 9.17) is 9.47 Å². The number of hydrogen-bond donors (Lipinski definition) is 1. The summed E-state index contributed by atoms with van der Waals surface area (Å²) in [6.45, 7) is 9.39. The summed E-state index contributed by atoms with van der Waals surface area (Å²) >= 11 is 0. The van der Waals surface area contributed by atoms with Gasteiger partial charge < -0.3 is 14.5 Å². The Hall–Kier alpha value is -2.56. The first-order chi connectivity index (χ1) is 11.4. The standard InChI is InChI=1S/C19H23NO4/c1-6-23-19(22)17-13(4)18(20-14(17)5)15(21)10-24-16-9-7-8-11(2)12(16)3/h7-9,20H,6,10H2,1-5H3. The van der Waals surface area contributed by atoms with Gasteiger partial charge in [0.2, 0.25) is 5.78 Å². The Morgan fingerprint density at radius 2 is 1.79 bits per heavy atom. The van der Waals surface area contributed by atoms with Gasteiger partial charge in [0, 0.05) is 5.69 Å². The lowest BCUT2D eigenvalue weighted by molar-refractivity contribution is 0.0525. The molecule has 128 valence electrons. The third kappa shape index (κ3) is 3.50. The minimum absolute atomic E-state index is 0.0899. The predicted octanol–water partition coefficient (Wildman–Crippen LogP) is 3.69. The minimum atomic E-state index is -0.418. The zero-order chi connectivity index (χ0) is 17.9. The number of aryl methyl sites for hydroxylation is 2. The molecule has 1 aromatic heterocycles. The number of ether oxygens (including phenoxy) is 2. The molecule has 0 atom stereocenters. The summed E-state index contributed by atoms with van der Waals surface area (Å²) in [5.41, 5.74) is 4.16. The van der Waals surface area contributed by atoms with Gasteiger partial charge in [-0.3, -0.25) is 4.79 Å². The number of aromatic nitrogens is 1. The van der Waals surface area contributed by atoms with Crippen LogP contribution in [0.2, 0.25) is 0 Å². The van der Waals surface area contributed by atoms with Crippen molar-refractivity contribution in [3.05, 3.63) is 51.8 Å². The molecule has 0 unspecified atom stereocenters. The summed E-state index contributed by atoms with van der Waals surface area (Å²) in [6.07, 6.45) is 0. The Balaban J connectivity index is 2.17. The van der Waals surface area contributed by atoms with Crippen LogP contribution in [0.1, 0.15) is 50.2 Å². The van der Waals surface area contributed by atoms with Crippen molar-refractivity contribution in [3.63, 3.8) is 0 Å². The van der Waals surface area contributed by atoms with Gasteiger partial charge in [0.05, 0.1) is 17.9 Å². The van der Waals surface area contributed by atoms with Crippen LogP contribution in [0, 0.1) is 27.7 Å². The maximum atomic E-state index is 12.5. The maximum absolute atomic E-state index is 12.5. The lowest BCUT2D eigenvalue weighted by atomic mass is 10.1. The Morgan fingerprint density at radius 1 is 1.08 bits per heavy atom. The van der Waals surface area contributed by atoms with Crippen molar-refractivity contribution in [1.29, 1.82) is 0 Å². The number of aromatic amines is 1. The van der Waals surface area contributed by atoms with Crippen molar-refractivity contribution in [1.82, 2.24) is 4.98 Å². The minimum Gasteiger partial charge on any atom is -0.485 e. The molecule has 1 N–H and O–H groups in total. The van der Waals surface area contributed by atoms with E-state index in [1.807, 2.05) is 32.0 Å². The van der Waals surface area contributed by atoms with E-state index in [1.165, 1.54) is 0 Å². The molecule has 0 saturated carbocycles. The second kappa shape index (κ2) is 7.34. The van der Waals surface area contributed by atoms with E-state index in [1.54, 1.807) is 20.8 Å². The highest BCUT2D eigenvalue weighted by Crippen LogP contribution is 2.22. The molecule has 1 aromatic carbocycles. The van der Waals surface area contributed by atoms with Crippen LogP contribution in [-0.4, -0.2) is 30.0 Å². The highest BCUT2D eigenvalue weighted by molar-refractivity contribution is 6.02. The number of carbonyl (C=O) groups excluding carboxylic acids is 2. The number of nitrogens with one attached hydrogen (secondary N) is 1. The molecule has 0 aliphatic carbocycles. The van der Waals surface area contributed by atoms with Crippen LogP contribution in [0.3, 0.4) is 0 Å². The van der Waals surface area contributed by atoms with E-state index in [0.29, 0.717) is 34.9 Å². The van der Waals surface area contributed by atoms with Gasteiger partial charge in [-0.25, -0.2) is 4.79 Å². The normalized spacial score (nSPS) is 10.5. The molecule has 0 fully saturated rings. The molecular formula is C19H23NO4.